The van der Waals surface area contributed by atoms with Gasteiger partial charge in [-0.15, -0.1) is 11.3 Å². The molecule has 28 heavy (non-hydrogen) atoms. The number of nitrogens with one attached hydrogen (secondary N) is 1. The topological polar surface area (TPSA) is 93.8 Å². The van der Waals surface area contributed by atoms with Gasteiger partial charge in [-0.2, -0.15) is 5.10 Å². The van der Waals surface area contributed by atoms with E-state index in [0.717, 1.165) is 16.0 Å². The molecule has 0 aliphatic rings. The Morgan fingerprint density at radius 2 is 2.00 bits per heavy atom. The fourth-order valence-corrected chi connectivity index (χ4v) is 3.32. The quantitative estimate of drug-likeness (QED) is 0.358. The average Bonchev–Trinajstić information content (AvgIpc) is 3.10. The van der Waals surface area contributed by atoms with Gasteiger partial charge in [0.05, 0.1) is 22.6 Å². The van der Waals surface area contributed by atoms with Crippen molar-refractivity contribution in [1.82, 2.24) is 5.43 Å². The molecule has 8 heteroatoms. The Morgan fingerprint density at radius 1 is 1.25 bits per heavy atom. The molecule has 2 aromatic carbocycles. The number of nitro groups is 1. The van der Waals surface area contributed by atoms with E-state index in [0.29, 0.717) is 22.8 Å². The van der Waals surface area contributed by atoms with Crippen LogP contribution in [0.2, 0.25) is 0 Å². The second kappa shape index (κ2) is 8.62. The number of carbonyl (C=O) groups is 1. The maximum Gasteiger partial charge on any atom is 0.281 e. The third-order valence-corrected chi connectivity index (χ3v) is 4.89. The van der Waals surface area contributed by atoms with Gasteiger partial charge in [-0.1, -0.05) is 13.8 Å². The van der Waals surface area contributed by atoms with E-state index < -0.39 is 4.92 Å². The Labute approximate surface area is 165 Å². The van der Waals surface area contributed by atoms with Gasteiger partial charge in [0.15, 0.2) is 0 Å². The van der Waals surface area contributed by atoms with Gasteiger partial charge in [0.2, 0.25) is 0 Å². The number of nitro benzene ring substituents is 1. The summed E-state index contributed by atoms with van der Waals surface area (Å²) in [4.78, 5) is 23.1. The third-order valence-electron chi connectivity index (χ3n) is 3.78. The number of fused-ring (bicyclic) bond motifs is 1. The van der Waals surface area contributed by atoms with Crippen LogP contribution >= 0.6 is 11.3 Å². The van der Waals surface area contributed by atoms with Crippen molar-refractivity contribution in [2.24, 2.45) is 11.0 Å². The first-order chi connectivity index (χ1) is 13.4. The molecule has 0 aliphatic heterocycles. The van der Waals surface area contributed by atoms with Crippen molar-refractivity contribution >= 4 is 39.2 Å². The van der Waals surface area contributed by atoms with Crippen molar-refractivity contribution in [1.29, 1.82) is 0 Å². The van der Waals surface area contributed by atoms with Gasteiger partial charge >= 0.3 is 0 Å². The molecule has 144 valence electrons. The van der Waals surface area contributed by atoms with Crippen molar-refractivity contribution in [3.8, 4) is 5.75 Å². The number of amides is 1. The third kappa shape index (κ3) is 4.92. The summed E-state index contributed by atoms with van der Waals surface area (Å²) >= 11 is 1.26. The summed E-state index contributed by atoms with van der Waals surface area (Å²) in [5.41, 5.74) is 3.30. The molecule has 3 rings (SSSR count). The van der Waals surface area contributed by atoms with Crippen molar-refractivity contribution in [3.05, 3.63) is 69.1 Å². The highest BCUT2D eigenvalue weighted by atomic mass is 32.1. The van der Waals surface area contributed by atoms with Gasteiger partial charge in [-0.3, -0.25) is 14.9 Å². The van der Waals surface area contributed by atoms with Crippen LogP contribution in [0.3, 0.4) is 0 Å². The summed E-state index contributed by atoms with van der Waals surface area (Å²) in [5, 5.41) is 15.5. The van der Waals surface area contributed by atoms with E-state index in [9.17, 15) is 14.9 Å². The van der Waals surface area contributed by atoms with E-state index in [-0.39, 0.29) is 11.6 Å². The minimum Gasteiger partial charge on any atom is -0.493 e. The van der Waals surface area contributed by atoms with Crippen LogP contribution in [0.15, 0.2) is 53.6 Å². The molecule has 0 spiro atoms. The highest BCUT2D eigenvalue weighted by Crippen LogP contribution is 2.28. The van der Waals surface area contributed by atoms with Crippen LogP contribution in [0.25, 0.3) is 10.1 Å². The first-order valence-electron chi connectivity index (χ1n) is 8.66. The molecular formula is C20H19N3O4S. The van der Waals surface area contributed by atoms with Crippen LogP contribution in [0, 0.1) is 16.0 Å². The number of ether oxygens (including phenoxy) is 1. The first kappa shape index (κ1) is 19.5. The molecule has 0 unspecified atom stereocenters. The van der Waals surface area contributed by atoms with Crippen molar-refractivity contribution in [2.45, 2.75) is 13.8 Å². The molecule has 1 heterocycles. The van der Waals surface area contributed by atoms with E-state index >= 15 is 0 Å². The first-order valence-corrected chi connectivity index (χ1v) is 9.48. The molecule has 0 fully saturated rings. The van der Waals surface area contributed by atoms with E-state index in [4.69, 9.17) is 4.74 Å². The van der Waals surface area contributed by atoms with Crippen LogP contribution in [0.1, 0.15) is 29.1 Å². The summed E-state index contributed by atoms with van der Waals surface area (Å²) in [6, 6.07) is 13.5. The molecule has 0 aliphatic carbocycles. The maximum atomic E-state index is 12.3. The molecule has 0 atom stereocenters. The molecule has 0 saturated carbocycles. The largest absolute Gasteiger partial charge is 0.493 e. The number of carbonyl (C=O) groups excluding carboxylic acids is 1. The lowest BCUT2D eigenvalue weighted by molar-refractivity contribution is -0.384. The van der Waals surface area contributed by atoms with Crippen molar-refractivity contribution < 1.29 is 14.5 Å². The SMILES string of the molecule is CC(C)COc1ccc(/C=N\NC(=O)c2cc3cc([N+](=O)[O-])ccc3s2)cc1. The number of benzene rings is 2. The summed E-state index contributed by atoms with van der Waals surface area (Å²) in [7, 11) is 0. The van der Waals surface area contributed by atoms with Gasteiger partial charge in [0, 0.05) is 22.2 Å². The zero-order valence-electron chi connectivity index (χ0n) is 15.4. The second-order valence-corrected chi connectivity index (χ2v) is 7.65. The van der Waals surface area contributed by atoms with E-state index in [1.54, 1.807) is 18.3 Å². The molecule has 0 radical (unpaired) electrons. The van der Waals surface area contributed by atoms with Crippen molar-refractivity contribution in [3.63, 3.8) is 0 Å². The minimum atomic E-state index is -0.458. The molecule has 7 nitrogen and oxygen atoms in total. The number of non-ortho nitro benzene ring substituents is 1. The molecule has 0 saturated heterocycles. The van der Waals surface area contributed by atoms with Crippen LogP contribution < -0.4 is 10.2 Å². The summed E-state index contributed by atoms with van der Waals surface area (Å²) in [6.07, 6.45) is 1.54. The predicted octanol–water partition coefficient (Wildman–Crippen LogP) is 4.61. The molecule has 1 aromatic heterocycles. The lowest BCUT2D eigenvalue weighted by atomic mass is 10.2. The molecule has 3 aromatic rings. The van der Waals surface area contributed by atoms with E-state index in [1.165, 1.54) is 23.5 Å². The summed E-state index contributed by atoms with van der Waals surface area (Å²) in [5.74, 6) is 0.878. The standard InChI is InChI=1S/C20H19N3O4S/c1-13(2)12-27-17-6-3-14(4-7-17)11-21-22-20(24)19-10-15-9-16(23(25)26)5-8-18(15)28-19/h3-11,13H,12H2,1-2H3,(H,22,24)/b21-11-. The zero-order chi connectivity index (χ0) is 20.1. The average molecular weight is 397 g/mol. The van der Waals surface area contributed by atoms with Gasteiger partial charge in [0.1, 0.15) is 5.75 Å². The maximum absolute atomic E-state index is 12.3. The molecular weight excluding hydrogens is 378 g/mol. The fraction of sp³-hybridized carbons (Fsp3) is 0.200. The zero-order valence-corrected chi connectivity index (χ0v) is 16.2. The van der Waals surface area contributed by atoms with Gasteiger partial charge < -0.3 is 4.74 Å². The Kier molecular flexibility index (Phi) is 6.00. The van der Waals surface area contributed by atoms with Crippen LogP contribution in [0.5, 0.6) is 5.75 Å². The highest BCUT2D eigenvalue weighted by Gasteiger charge is 2.12. The Balaban J connectivity index is 1.61. The lowest BCUT2D eigenvalue weighted by Gasteiger charge is -2.08. The van der Waals surface area contributed by atoms with Crippen LogP contribution in [-0.2, 0) is 0 Å². The number of rotatable bonds is 7. The van der Waals surface area contributed by atoms with E-state index in [2.05, 4.69) is 24.4 Å². The molecule has 0 bridgehead atoms. The van der Waals surface area contributed by atoms with Crippen molar-refractivity contribution in [2.75, 3.05) is 6.61 Å². The van der Waals surface area contributed by atoms with E-state index in [1.807, 2.05) is 24.3 Å². The number of hydrogen-bond acceptors (Lipinski definition) is 6. The van der Waals surface area contributed by atoms with Gasteiger partial charge in [-0.25, -0.2) is 5.43 Å². The minimum absolute atomic E-state index is 0.00361. The smallest absolute Gasteiger partial charge is 0.281 e. The highest BCUT2D eigenvalue weighted by molar-refractivity contribution is 7.20. The Morgan fingerprint density at radius 3 is 2.68 bits per heavy atom. The number of hydrogen-bond donors (Lipinski definition) is 1. The Hall–Kier alpha value is -3.26. The molecule has 1 N–H and O–H groups in total. The van der Waals surface area contributed by atoms with Gasteiger partial charge in [0.25, 0.3) is 11.6 Å². The summed E-state index contributed by atoms with van der Waals surface area (Å²) in [6.45, 7) is 4.82. The lowest BCUT2D eigenvalue weighted by Crippen LogP contribution is -2.16. The number of thiophene rings is 1. The fourth-order valence-electron chi connectivity index (χ4n) is 2.39. The number of nitrogens with zero attached hydrogens (tertiary/aromatic N) is 2. The Bertz CT molecular complexity index is 1030. The normalized spacial score (nSPS) is 11.2. The van der Waals surface area contributed by atoms with Gasteiger partial charge in [-0.05, 0) is 47.9 Å². The number of hydrazone groups is 1. The van der Waals surface area contributed by atoms with Crippen LogP contribution in [0.4, 0.5) is 5.69 Å². The second-order valence-electron chi connectivity index (χ2n) is 6.56. The summed E-state index contributed by atoms with van der Waals surface area (Å²) < 4.78 is 6.42. The van der Waals surface area contributed by atoms with Crippen LogP contribution in [-0.4, -0.2) is 23.7 Å². The molecule has 1 amide bonds. The predicted molar refractivity (Wildman–Crippen MR) is 110 cm³/mol. The monoisotopic (exact) mass is 397 g/mol.